The van der Waals surface area contributed by atoms with E-state index in [-0.39, 0.29) is 25.6 Å². The normalized spacial score (nSPS) is 12.9. The van der Waals surface area contributed by atoms with Gasteiger partial charge >= 0.3 is 5.97 Å². The summed E-state index contributed by atoms with van der Waals surface area (Å²) in [4.78, 5) is 11.3. The van der Waals surface area contributed by atoms with Crippen molar-refractivity contribution < 1.29 is 29.2 Å². The van der Waals surface area contributed by atoms with Crippen LogP contribution in [0.25, 0.3) is 0 Å². The molecule has 2 atom stereocenters. The van der Waals surface area contributed by atoms with Gasteiger partial charge in [0.25, 0.3) is 0 Å². The van der Waals surface area contributed by atoms with Gasteiger partial charge in [-0.05, 0) is 29.8 Å². The molecule has 0 spiro atoms. The van der Waals surface area contributed by atoms with Gasteiger partial charge < -0.3 is 24.4 Å². The quantitative estimate of drug-likeness (QED) is 0.402. The van der Waals surface area contributed by atoms with Crippen molar-refractivity contribution in [3.8, 4) is 11.5 Å². The molecule has 2 rings (SSSR count). The fourth-order valence-electron chi connectivity index (χ4n) is 2.46. The molecule has 0 heterocycles. The van der Waals surface area contributed by atoms with Gasteiger partial charge in [0.05, 0.1) is 19.0 Å². The summed E-state index contributed by atoms with van der Waals surface area (Å²) in [6.45, 7) is 0.181. The van der Waals surface area contributed by atoms with E-state index in [1.54, 1.807) is 36.4 Å². The summed E-state index contributed by atoms with van der Waals surface area (Å²) in [6, 6.07) is 16.1. The lowest BCUT2D eigenvalue weighted by atomic mass is 10.0. The maximum Gasteiger partial charge on any atom is 0.315 e. The van der Waals surface area contributed by atoms with Crippen molar-refractivity contribution in [2.75, 3.05) is 25.6 Å². The van der Waals surface area contributed by atoms with Crippen LogP contribution in [0.4, 0.5) is 0 Å². The van der Waals surface area contributed by atoms with Crippen LogP contribution in [0.15, 0.2) is 54.6 Å². The highest BCUT2D eigenvalue weighted by atomic mass is 32.1. The molecule has 0 aliphatic carbocycles. The first kappa shape index (κ1) is 21.1. The van der Waals surface area contributed by atoms with Crippen LogP contribution in [0.3, 0.4) is 0 Å². The molecule has 0 aliphatic rings. The van der Waals surface area contributed by atoms with Crippen LogP contribution in [0, 0.1) is 0 Å². The van der Waals surface area contributed by atoms with E-state index < -0.39 is 18.2 Å². The van der Waals surface area contributed by atoms with E-state index in [0.717, 1.165) is 0 Å². The highest BCUT2D eigenvalue weighted by Gasteiger charge is 2.24. The zero-order valence-corrected chi connectivity index (χ0v) is 15.8. The van der Waals surface area contributed by atoms with E-state index in [1.165, 1.54) is 0 Å². The number of hydrogen-bond donors (Lipinski definition) is 3. The molecule has 146 valence electrons. The van der Waals surface area contributed by atoms with Gasteiger partial charge in [-0.2, -0.15) is 12.6 Å². The largest absolute Gasteiger partial charge is 0.491 e. The number of ether oxygens (including phenoxy) is 3. The minimum atomic E-state index is -0.961. The van der Waals surface area contributed by atoms with Crippen molar-refractivity contribution >= 4 is 18.6 Å². The minimum absolute atomic E-state index is 0.00297. The molecule has 0 saturated heterocycles. The molecule has 0 aromatic heterocycles. The van der Waals surface area contributed by atoms with Gasteiger partial charge in [0.1, 0.15) is 30.3 Å². The standard InChI is InChI=1S/C20H24O6S/c21-10-12-24-17-8-4-5-15(13-17)20(23)18(9-11-25-19(22)14-27)26-16-6-2-1-3-7-16/h1-8,13,18,20-21,23,27H,9-12,14H2/t18-,20-/m1/s1. The Balaban J connectivity index is 2.11. The number of hydrogen-bond acceptors (Lipinski definition) is 7. The molecule has 2 aromatic carbocycles. The van der Waals surface area contributed by atoms with Gasteiger partial charge in [0.2, 0.25) is 0 Å². The Hall–Kier alpha value is -2.22. The van der Waals surface area contributed by atoms with Crippen LogP contribution in [-0.4, -0.2) is 47.9 Å². The van der Waals surface area contributed by atoms with E-state index in [4.69, 9.17) is 19.3 Å². The number of aliphatic hydroxyl groups excluding tert-OH is 2. The molecule has 2 aromatic rings. The molecule has 0 unspecified atom stereocenters. The Bertz CT molecular complexity index is 694. The first-order valence-corrected chi connectivity index (χ1v) is 9.27. The Morgan fingerprint density at radius 3 is 2.48 bits per heavy atom. The van der Waals surface area contributed by atoms with Gasteiger partial charge in [-0.3, -0.25) is 4.79 Å². The number of carbonyl (C=O) groups excluding carboxylic acids is 1. The van der Waals surface area contributed by atoms with E-state index in [9.17, 15) is 9.90 Å². The number of carbonyl (C=O) groups is 1. The monoisotopic (exact) mass is 392 g/mol. The molecule has 2 N–H and O–H groups in total. The predicted octanol–water partition coefficient (Wildman–Crippen LogP) is 2.40. The second-order valence-electron chi connectivity index (χ2n) is 5.73. The predicted molar refractivity (Wildman–Crippen MR) is 104 cm³/mol. The molecular formula is C20H24O6S. The van der Waals surface area contributed by atoms with E-state index >= 15 is 0 Å². The molecule has 27 heavy (non-hydrogen) atoms. The minimum Gasteiger partial charge on any atom is -0.491 e. The second-order valence-corrected chi connectivity index (χ2v) is 6.04. The molecule has 0 bridgehead atoms. The van der Waals surface area contributed by atoms with Crippen molar-refractivity contribution in [2.24, 2.45) is 0 Å². The Morgan fingerprint density at radius 2 is 1.78 bits per heavy atom. The van der Waals surface area contributed by atoms with Crippen LogP contribution in [0.5, 0.6) is 11.5 Å². The molecule has 0 amide bonds. The maximum atomic E-state index is 11.3. The van der Waals surface area contributed by atoms with Gasteiger partial charge in [-0.15, -0.1) is 0 Å². The van der Waals surface area contributed by atoms with Gasteiger partial charge in [0.15, 0.2) is 0 Å². The summed E-state index contributed by atoms with van der Waals surface area (Å²) in [5.74, 6) is 0.720. The van der Waals surface area contributed by atoms with Crippen molar-refractivity contribution in [1.29, 1.82) is 0 Å². The Morgan fingerprint density at radius 1 is 1.04 bits per heavy atom. The third-order valence-corrected chi connectivity index (χ3v) is 4.00. The highest BCUT2D eigenvalue weighted by molar-refractivity contribution is 7.81. The summed E-state index contributed by atoms with van der Waals surface area (Å²) >= 11 is 3.87. The second kappa shape index (κ2) is 11.5. The number of benzene rings is 2. The van der Waals surface area contributed by atoms with Crippen molar-refractivity contribution in [3.05, 3.63) is 60.2 Å². The zero-order chi connectivity index (χ0) is 19.5. The lowest BCUT2D eigenvalue weighted by Gasteiger charge is -2.25. The van der Waals surface area contributed by atoms with Gasteiger partial charge in [0, 0.05) is 6.42 Å². The molecule has 0 fully saturated rings. The van der Waals surface area contributed by atoms with Crippen LogP contribution < -0.4 is 9.47 Å². The van der Waals surface area contributed by atoms with Crippen molar-refractivity contribution in [2.45, 2.75) is 18.6 Å². The maximum absolute atomic E-state index is 11.3. The summed E-state index contributed by atoms with van der Waals surface area (Å²) in [5.41, 5.74) is 0.604. The third kappa shape index (κ3) is 7.13. The van der Waals surface area contributed by atoms with Crippen molar-refractivity contribution in [1.82, 2.24) is 0 Å². The summed E-state index contributed by atoms with van der Waals surface area (Å²) in [5, 5.41) is 19.7. The molecular weight excluding hydrogens is 368 g/mol. The van der Waals surface area contributed by atoms with E-state index in [0.29, 0.717) is 23.5 Å². The molecule has 7 heteroatoms. The lowest BCUT2D eigenvalue weighted by Crippen LogP contribution is -2.27. The smallest absolute Gasteiger partial charge is 0.315 e. The van der Waals surface area contributed by atoms with Crippen LogP contribution in [0.1, 0.15) is 18.1 Å². The van der Waals surface area contributed by atoms with Gasteiger partial charge in [-0.1, -0.05) is 30.3 Å². The molecule has 6 nitrogen and oxygen atoms in total. The highest BCUT2D eigenvalue weighted by Crippen LogP contribution is 2.26. The third-order valence-electron chi connectivity index (χ3n) is 3.74. The number of thiol groups is 1. The number of esters is 1. The topological polar surface area (TPSA) is 85.2 Å². The Labute approximate surface area is 164 Å². The summed E-state index contributed by atoms with van der Waals surface area (Å²) in [6.07, 6.45) is -1.29. The molecule has 0 aliphatic heterocycles. The van der Waals surface area contributed by atoms with Gasteiger partial charge in [-0.25, -0.2) is 0 Å². The van der Waals surface area contributed by atoms with Crippen molar-refractivity contribution in [3.63, 3.8) is 0 Å². The number of para-hydroxylation sites is 1. The lowest BCUT2D eigenvalue weighted by molar-refractivity contribution is -0.141. The average Bonchev–Trinajstić information content (AvgIpc) is 2.71. The molecule has 0 saturated carbocycles. The number of aliphatic hydroxyl groups is 2. The van der Waals surface area contributed by atoms with Crippen LogP contribution >= 0.6 is 12.6 Å². The van der Waals surface area contributed by atoms with E-state index in [2.05, 4.69) is 12.6 Å². The van der Waals surface area contributed by atoms with Crippen LogP contribution in [0.2, 0.25) is 0 Å². The zero-order valence-electron chi connectivity index (χ0n) is 14.9. The first-order chi connectivity index (χ1) is 13.1. The fraction of sp³-hybridized carbons (Fsp3) is 0.350. The SMILES string of the molecule is O=C(CS)OCC[C@@H](Oc1ccccc1)[C@H](O)c1cccc(OCCO)c1. The first-order valence-electron chi connectivity index (χ1n) is 8.64. The van der Waals surface area contributed by atoms with E-state index in [1.807, 2.05) is 18.2 Å². The summed E-state index contributed by atoms with van der Waals surface area (Å²) < 4.78 is 16.4. The van der Waals surface area contributed by atoms with Crippen LogP contribution in [-0.2, 0) is 9.53 Å². The molecule has 0 radical (unpaired) electrons. The fourth-order valence-corrected chi connectivity index (χ4v) is 2.55. The average molecular weight is 392 g/mol. The summed E-state index contributed by atoms with van der Waals surface area (Å²) in [7, 11) is 0. The number of rotatable bonds is 11. The Kier molecular flexibility index (Phi) is 8.97.